The summed E-state index contributed by atoms with van der Waals surface area (Å²) in [5.41, 5.74) is 3.74. The van der Waals surface area contributed by atoms with Gasteiger partial charge in [0.15, 0.2) is 0 Å². The molecule has 0 radical (unpaired) electrons. The Labute approximate surface area is 101 Å². The summed E-state index contributed by atoms with van der Waals surface area (Å²) in [6.07, 6.45) is 4.86. The summed E-state index contributed by atoms with van der Waals surface area (Å²) in [7, 11) is 0. The van der Waals surface area contributed by atoms with Crippen LogP contribution in [-0.2, 0) is 14.3 Å². The number of nitrogens with one attached hydrogen (secondary N) is 1. The Morgan fingerprint density at radius 2 is 2.29 bits per heavy atom. The fourth-order valence-electron chi connectivity index (χ4n) is 2.37. The topological polar surface area (TPSA) is 56.8 Å². The molecule has 96 valence electrons. The summed E-state index contributed by atoms with van der Waals surface area (Å²) in [4.78, 5) is 16.8. The molecule has 1 aliphatic carbocycles. The molecule has 1 N–H and O–H groups in total. The summed E-state index contributed by atoms with van der Waals surface area (Å²) < 4.78 is 9.97. The fraction of sp³-hybridized carbons (Fsp3) is 0.750. The van der Waals surface area contributed by atoms with Crippen molar-refractivity contribution < 1.29 is 19.1 Å². The molecule has 0 unspecified atom stereocenters. The number of allylic oxidation sites excluding steroid dienone is 1. The van der Waals surface area contributed by atoms with Gasteiger partial charge >= 0.3 is 6.16 Å². The number of carbonyl (C=O) groups is 1. The third-order valence-corrected chi connectivity index (χ3v) is 3.20. The Balaban J connectivity index is 1.80. The van der Waals surface area contributed by atoms with Gasteiger partial charge in [-0.1, -0.05) is 0 Å². The van der Waals surface area contributed by atoms with Crippen LogP contribution in [0.25, 0.3) is 0 Å². The van der Waals surface area contributed by atoms with E-state index in [9.17, 15) is 4.79 Å². The lowest BCUT2D eigenvalue weighted by molar-refractivity contribution is -0.0847. The Morgan fingerprint density at radius 3 is 2.82 bits per heavy atom. The third-order valence-electron chi connectivity index (χ3n) is 3.20. The summed E-state index contributed by atoms with van der Waals surface area (Å²) in [6, 6.07) is 0. The largest absolute Gasteiger partial charge is 0.508 e. The molecular formula is C12H19NO4. The van der Waals surface area contributed by atoms with Crippen LogP contribution in [0.1, 0.15) is 39.5 Å². The van der Waals surface area contributed by atoms with Gasteiger partial charge in [0, 0.05) is 5.70 Å². The number of hydrogen-bond donors (Lipinski definition) is 1. The SMILES string of the molecule is CCOC(=O)OC1CCC2(C=C(C)NO2)CC1. The van der Waals surface area contributed by atoms with E-state index in [1.54, 1.807) is 6.92 Å². The molecule has 0 amide bonds. The molecule has 17 heavy (non-hydrogen) atoms. The quantitative estimate of drug-likeness (QED) is 0.752. The molecule has 0 aromatic rings. The zero-order valence-electron chi connectivity index (χ0n) is 10.3. The van der Waals surface area contributed by atoms with Crippen molar-refractivity contribution in [3.63, 3.8) is 0 Å². The Bertz CT molecular complexity index is 318. The molecule has 1 fully saturated rings. The predicted molar refractivity (Wildman–Crippen MR) is 61.1 cm³/mol. The third kappa shape index (κ3) is 2.91. The van der Waals surface area contributed by atoms with Crippen molar-refractivity contribution in [1.82, 2.24) is 5.48 Å². The molecule has 1 aliphatic heterocycles. The van der Waals surface area contributed by atoms with E-state index in [2.05, 4.69) is 11.6 Å². The van der Waals surface area contributed by atoms with E-state index in [-0.39, 0.29) is 11.7 Å². The average molecular weight is 241 g/mol. The monoisotopic (exact) mass is 241 g/mol. The standard InChI is InChI=1S/C12H19NO4/c1-3-15-11(14)16-10-4-6-12(7-5-10)8-9(2)13-17-12/h8,10,13H,3-7H2,1-2H3. The Morgan fingerprint density at radius 1 is 1.59 bits per heavy atom. The molecule has 0 aromatic heterocycles. The zero-order chi connectivity index (χ0) is 12.3. The van der Waals surface area contributed by atoms with Crippen molar-refractivity contribution in [1.29, 1.82) is 0 Å². The van der Waals surface area contributed by atoms with Crippen molar-refractivity contribution >= 4 is 6.16 Å². The molecule has 1 spiro atoms. The van der Waals surface area contributed by atoms with Gasteiger partial charge in [0.1, 0.15) is 11.7 Å². The van der Waals surface area contributed by atoms with Gasteiger partial charge in [-0.15, -0.1) is 0 Å². The number of ether oxygens (including phenoxy) is 2. The van der Waals surface area contributed by atoms with Gasteiger partial charge in [-0.2, -0.15) is 0 Å². The van der Waals surface area contributed by atoms with E-state index in [1.165, 1.54) is 0 Å². The smallest absolute Gasteiger partial charge is 0.435 e. The molecule has 5 nitrogen and oxygen atoms in total. The van der Waals surface area contributed by atoms with E-state index in [1.807, 2.05) is 6.92 Å². The minimum absolute atomic E-state index is 0.0439. The van der Waals surface area contributed by atoms with E-state index in [4.69, 9.17) is 14.3 Å². The second-order valence-electron chi connectivity index (χ2n) is 4.60. The number of carbonyl (C=O) groups excluding carboxylic acids is 1. The van der Waals surface area contributed by atoms with Gasteiger partial charge in [-0.3, -0.25) is 10.3 Å². The first-order chi connectivity index (χ1) is 8.13. The predicted octanol–water partition coefficient (Wildman–Crippen LogP) is 2.28. The van der Waals surface area contributed by atoms with Gasteiger partial charge in [0.05, 0.1) is 6.61 Å². The van der Waals surface area contributed by atoms with Crippen LogP contribution in [-0.4, -0.2) is 24.5 Å². The van der Waals surface area contributed by atoms with E-state index >= 15 is 0 Å². The minimum Gasteiger partial charge on any atom is -0.435 e. The number of rotatable bonds is 2. The van der Waals surface area contributed by atoms with Crippen LogP contribution in [0.5, 0.6) is 0 Å². The first kappa shape index (κ1) is 12.2. The molecule has 0 aromatic carbocycles. The minimum atomic E-state index is -0.564. The van der Waals surface area contributed by atoms with Gasteiger partial charge < -0.3 is 9.47 Å². The highest BCUT2D eigenvalue weighted by atomic mass is 16.7. The molecule has 2 aliphatic rings. The van der Waals surface area contributed by atoms with Crippen molar-refractivity contribution in [2.45, 2.75) is 51.2 Å². The van der Waals surface area contributed by atoms with Crippen molar-refractivity contribution in [2.75, 3.05) is 6.61 Å². The van der Waals surface area contributed by atoms with Gasteiger partial charge in [0.25, 0.3) is 0 Å². The first-order valence-electron chi connectivity index (χ1n) is 6.10. The summed E-state index contributed by atoms with van der Waals surface area (Å²) in [5.74, 6) is 0. The molecule has 0 saturated heterocycles. The highest BCUT2D eigenvalue weighted by molar-refractivity contribution is 5.60. The maximum atomic E-state index is 11.2. The summed E-state index contributed by atoms with van der Waals surface area (Å²) >= 11 is 0. The van der Waals surface area contributed by atoms with Crippen molar-refractivity contribution in [2.24, 2.45) is 0 Å². The average Bonchev–Trinajstić information content (AvgIpc) is 2.65. The van der Waals surface area contributed by atoms with Crippen LogP contribution in [0.3, 0.4) is 0 Å². The fourth-order valence-corrected chi connectivity index (χ4v) is 2.37. The van der Waals surface area contributed by atoms with Gasteiger partial charge in [-0.25, -0.2) is 4.79 Å². The summed E-state index contributed by atoms with van der Waals surface area (Å²) in [5, 5.41) is 0. The lowest BCUT2D eigenvalue weighted by atomic mass is 9.83. The molecule has 1 heterocycles. The van der Waals surface area contributed by atoms with Crippen LogP contribution in [0.2, 0.25) is 0 Å². The van der Waals surface area contributed by atoms with E-state index in [0.29, 0.717) is 6.61 Å². The highest BCUT2D eigenvalue weighted by Crippen LogP contribution is 2.36. The lowest BCUT2D eigenvalue weighted by Crippen LogP contribution is -2.37. The lowest BCUT2D eigenvalue weighted by Gasteiger charge is -2.33. The van der Waals surface area contributed by atoms with Crippen LogP contribution in [0.4, 0.5) is 4.79 Å². The van der Waals surface area contributed by atoms with Gasteiger partial charge in [-0.05, 0) is 45.6 Å². The molecule has 2 rings (SSSR count). The maximum Gasteiger partial charge on any atom is 0.508 e. The highest BCUT2D eigenvalue weighted by Gasteiger charge is 2.39. The second-order valence-corrected chi connectivity index (χ2v) is 4.60. The molecule has 0 atom stereocenters. The van der Waals surface area contributed by atoms with Crippen LogP contribution >= 0.6 is 0 Å². The van der Waals surface area contributed by atoms with Crippen LogP contribution in [0.15, 0.2) is 11.8 Å². The molecule has 1 saturated carbocycles. The van der Waals surface area contributed by atoms with Crippen LogP contribution in [0, 0.1) is 0 Å². The Hall–Kier alpha value is -1.23. The molecule has 5 heteroatoms. The molecule has 0 bridgehead atoms. The Kier molecular flexibility index (Phi) is 3.57. The number of hydrogen-bond acceptors (Lipinski definition) is 5. The molecular weight excluding hydrogens is 222 g/mol. The maximum absolute atomic E-state index is 11.2. The van der Waals surface area contributed by atoms with Crippen molar-refractivity contribution in [3.8, 4) is 0 Å². The second kappa shape index (κ2) is 4.96. The zero-order valence-corrected chi connectivity index (χ0v) is 10.3. The van der Waals surface area contributed by atoms with E-state index in [0.717, 1.165) is 31.4 Å². The summed E-state index contributed by atoms with van der Waals surface area (Å²) in [6.45, 7) is 4.10. The van der Waals surface area contributed by atoms with Crippen molar-refractivity contribution in [3.05, 3.63) is 11.8 Å². The normalized spacial score (nSPS) is 31.9. The van der Waals surface area contributed by atoms with E-state index < -0.39 is 6.16 Å². The number of hydroxylamine groups is 1. The van der Waals surface area contributed by atoms with Gasteiger partial charge in [0.2, 0.25) is 0 Å². The van der Waals surface area contributed by atoms with Crippen LogP contribution < -0.4 is 5.48 Å². The first-order valence-corrected chi connectivity index (χ1v) is 6.10.